The van der Waals surface area contributed by atoms with Crippen LogP contribution >= 0.6 is 23.2 Å². The average Bonchev–Trinajstić information content (AvgIpc) is 2.53. The molecule has 0 amide bonds. The van der Waals surface area contributed by atoms with E-state index in [4.69, 9.17) is 28.9 Å². The van der Waals surface area contributed by atoms with E-state index in [0.717, 1.165) is 5.52 Å². The van der Waals surface area contributed by atoms with E-state index in [9.17, 15) is 4.21 Å². The molecular formula is C11H13Cl2N3OS. The third kappa shape index (κ3) is 2.48. The highest BCUT2D eigenvalue weighted by Crippen LogP contribution is 2.30. The minimum atomic E-state index is -0.904. The molecule has 0 bridgehead atoms. The van der Waals surface area contributed by atoms with Gasteiger partial charge in [0, 0.05) is 28.9 Å². The van der Waals surface area contributed by atoms with Crippen LogP contribution in [0.1, 0.15) is 13.0 Å². The van der Waals surface area contributed by atoms with Crippen molar-refractivity contribution in [3.05, 3.63) is 22.2 Å². The maximum absolute atomic E-state index is 11.3. The zero-order valence-electron chi connectivity index (χ0n) is 9.98. The van der Waals surface area contributed by atoms with Gasteiger partial charge in [0.25, 0.3) is 0 Å². The monoisotopic (exact) mass is 305 g/mol. The number of nitrogens with zero attached hydrogens (tertiary/aromatic N) is 2. The lowest BCUT2D eigenvalue weighted by Crippen LogP contribution is -2.15. The number of fused-ring (bicyclic) bond motifs is 1. The average molecular weight is 306 g/mol. The van der Waals surface area contributed by atoms with Crippen molar-refractivity contribution >= 4 is 51.0 Å². The number of aromatic nitrogens is 2. The molecule has 2 aromatic rings. The highest BCUT2D eigenvalue weighted by molar-refractivity contribution is 7.84. The van der Waals surface area contributed by atoms with E-state index in [1.807, 2.05) is 11.5 Å². The van der Waals surface area contributed by atoms with Gasteiger partial charge in [-0.1, -0.05) is 23.2 Å². The summed E-state index contributed by atoms with van der Waals surface area (Å²) < 4.78 is 13.1. The minimum absolute atomic E-state index is 0.0157. The lowest BCUT2D eigenvalue weighted by molar-refractivity contribution is 0.619. The van der Waals surface area contributed by atoms with Crippen LogP contribution in [0.2, 0.25) is 10.0 Å². The number of hydrogen-bond donors (Lipinski definition) is 1. The van der Waals surface area contributed by atoms with Crippen molar-refractivity contribution in [1.29, 1.82) is 0 Å². The SMILES string of the molecule is CC(CS(C)=O)n1c(N)nc2cc(Cl)c(Cl)cc21. The van der Waals surface area contributed by atoms with Crippen LogP contribution in [0.15, 0.2) is 12.1 Å². The molecule has 0 aliphatic heterocycles. The Morgan fingerprint density at radius 3 is 2.67 bits per heavy atom. The maximum Gasteiger partial charge on any atom is 0.201 e. The predicted octanol–water partition coefficient (Wildman–Crippen LogP) is 2.86. The van der Waals surface area contributed by atoms with E-state index in [1.54, 1.807) is 18.4 Å². The molecule has 0 radical (unpaired) electrons. The van der Waals surface area contributed by atoms with Crippen LogP contribution < -0.4 is 5.73 Å². The summed E-state index contributed by atoms with van der Waals surface area (Å²) in [4.78, 5) is 4.24. The second-order valence-corrected chi connectivity index (χ2v) is 6.48. The Bertz CT molecular complexity index is 626. The van der Waals surface area contributed by atoms with E-state index >= 15 is 0 Å². The fourth-order valence-electron chi connectivity index (χ4n) is 1.99. The molecule has 2 atom stereocenters. The topological polar surface area (TPSA) is 60.9 Å². The Balaban J connectivity index is 2.59. The first kappa shape index (κ1) is 13.6. The third-order valence-corrected chi connectivity index (χ3v) is 4.35. The third-order valence-electron chi connectivity index (χ3n) is 2.68. The summed E-state index contributed by atoms with van der Waals surface area (Å²) in [5.41, 5.74) is 7.39. The summed E-state index contributed by atoms with van der Waals surface area (Å²) in [7, 11) is -0.904. The minimum Gasteiger partial charge on any atom is -0.369 e. The predicted molar refractivity (Wildman–Crippen MR) is 77.8 cm³/mol. The highest BCUT2D eigenvalue weighted by Gasteiger charge is 2.16. The van der Waals surface area contributed by atoms with E-state index in [2.05, 4.69) is 4.98 Å². The summed E-state index contributed by atoms with van der Waals surface area (Å²) in [6.45, 7) is 1.95. The number of halogens is 2. The molecule has 1 aromatic heterocycles. The van der Waals surface area contributed by atoms with Gasteiger partial charge < -0.3 is 10.3 Å². The lowest BCUT2D eigenvalue weighted by atomic mass is 10.3. The summed E-state index contributed by atoms with van der Waals surface area (Å²) in [6, 6.07) is 3.40. The Labute approximate surface area is 118 Å². The summed E-state index contributed by atoms with van der Waals surface area (Å²) >= 11 is 11.9. The summed E-state index contributed by atoms with van der Waals surface area (Å²) in [6.07, 6.45) is 1.66. The Morgan fingerprint density at radius 1 is 1.44 bits per heavy atom. The number of nitrogens with two attached hydrogens (primary N) is 1. The van der Waals surface area contributed by atoms with Crippen LogP contribution in [0, 0.1) is 0 Å². The normalized spacial score (nSPS) is 14.9. The quantitative estimate of drug-likeness (QED) is 0.948. The highest BCUT2D eigenvalue weighted by atomic mass is 35.5. The molecule has 0 aliphatic rings. The van der Waals surface area contributed by atoms with Crippen LogP contribution in [0.4, 0.5) is 5.95 Å². The number of nitrogen functional groups attached to an aromatic ring is 1. The van der Waals surface area contributed by atoms with E-state index in [-0.39, 0.29) is 6.04 Å². The summed E-state index contributed by atoms with van der Waals surface area (Å²) in [5, 5.41) is 0.899. The Morgan fingerprint density at radius 2 is 2.06 bits per heavy atom. The van der Waals surface area contributed by atoms with Crippen LogP contribution in [-0.4, -0.2) is 25.8 Å². The first-order valence-electron chi connectivity index (χ1n) is 5.32. The number of imidazole rings is 1. The van der Waals surface area contributed by atoms with Crippen molar-refractivity contribution in [3.8, 4) is 0 Å². The maximum atomic E-state index is 11.3. The van der Waals surface area contributed by atoms with Gasteiger partial charge in [0.05, 0.1) is 21.1 Å². The van der Waals surface area contributed by atoms with Gasteiger partial charge >= 0.3 is 0 Å². The molecule has 0 fully saturated rings. The zero-order chi connectivity index (χ0) is 13.4. The molecule has 18 heavy (non-hydrogen) atoms. The van der Waals surface area contributed by atoms with Gasteiger partial charge in [0.2, 0.25) is 5.95 Å². The van der Waals surface area contributed by atoms with Crippen molar-refractivity contribution in [3.63, 3.8) is 0 Å². The second-order valence-electron chi connectivity index (χ2n) is 4.18. The molecule has 0 aliphatic carbocycles. The van der Waals surface area contributed by atoms with Gasteiger partial charge in [-0.05, 0) is 19.1 Å². The van der Waals surface area contributed by atoms with Crippen LogP contribution in [0.5, 0.6) is 0 Å². The molecule has 2 rings (SSSR count). The molecule has 0 saturated carbocycles. The second kappa shape index (κ2) is 5.07. The van der Waals surface area contributed by atoms with Crippen LogP contribution in [0.3, 0.4) is 0 Å². The number of benzene rings is 1. The largest absolute Gasteiger partial charge is 0.369 e. The van der Waals surface area contributed by atoms with Gasteiger partial charge in [-0.3, -0.25) is 4.21 Å². The van der Waals surface area contributed by atoms with Gasteiger partial charge in [0.1, 0.15) is 0 Å². The molecule has 0 spiro atoms. The van der Waals surface area contributed by atoms with Gasteiger partial charge in [-0.2, -0.15) is 0 Å². The number of anilines is 1. The van der Waals surface area contributed by atoms with Crippen LogP contribution in [-0.2, 0) is 10.8 Å². The fraction of sp³-hybridized carbons (Fsp3) is 0.364. The van der Waals surface area contributed by atoms with E-state index in [0.29, 0.717) is 27.3 Å². The Hall–Kier alpha value is -0.780. The number of hydrogen-bond acceptors (Lipinski definition) is 3. The fourth-order valence-corrected chi connectivity index (χ4v) is 3.13. The molecule has 0 saturated heterocycles. The zero-order valence-corrected chi connectivity index (χ0v) is 12.3. The van der Waals surface area contributed by atoms with Crippen molar-refractivity contribution in [2.45, 2.75) is 13.0 Å². The summed E-state index contributed by atoms with van der Waals surface area (Å²) in [5.74, 6) is 0.886. The standard InChI is InChI=1S/C11H13Cl2N3OS/c1-6(5-18(2)17)16-10-4-8(13)7(12)3-9(10)15-11(16)14/h3-4,6H,5H2,1-2H3,(H2,14,15). The smallest absolute Gasteiger partial charge is 0.201 e. The molecule has 1 aromatic carbocycles. The molecule has 4 nitrogen and oxygen atoms in total. The van der Waals surface area contributed by atoms with Crippen molar-refractivity contribution in [1.82, 2.24) is 9.55 Å². The molecule has 2 N–H and O–H groups in total. The van der Waals surface area contributed by atoms with Gasteiger partial charge in [-0.15, -0.1) is 0 Å². The first-order valence-corrected chi connectivity index (χ1v) is 7.81. The van der Waals surface area contributed by atoms with E-state index in [1.165, 1.54) is 0 Å². The van der Waals surface area contributed by atoms with E-state index < -0.39 is 10.8 Å². The lowest BCUT2D eigenvalue weighted by Gasteiger charge is -2.14. The molecular weight excluding hydrogens is 293 g/mol. The number of rotatable bonds is 3. The van der Waals surface area contributed by atoms with Gasteiger partial charge in [-0.25, -0.2) is 4.98 Å². The van der Waals surface area contributed by atoms with Crippen molar-refractivity contribution < 1.29 is 4.21 Å². The molecule has 1 heterocycles. The molecule has 98 valence electrons. The van der Waals surface area contributed by atoms with Crippen LogP contribution in [0.25, 0.3) is 11.0 Å². The van der Waals surface area contributed by atoms with Crippen molar-refractivity contribution in [2.75, 3.05) is 17.7 Å². The molecule has 2 unspecified atom stereocenters. The molecule has 7 heteroatoms. The van der Waals surface area contributed by atoms with Gasteiger partial charge in [0.15, 0.2) is 0 Å². The first-order chi connectivity index (χ1) is 8.40. The van der Waals surface area contributed by atoms with Crippen molar-refractivity contribution in [2.24, 2.45) is 0 Å². The Kier molecular flexibility index (Phi) is 3.84.